The van der Waals surface area contributed by atoms with Crippen LogP contribution in [0.5, 0.6) is 0 Å². The summed E-state index contributed by atoms with van der Waals surface area (Å²) in [6.45, 7) is 8.00. The van der Waals surface area contributed by atoms with E-state index in [1.807, 2.05) is 0 Å². The lowest BCUT2D eigenvalue weighted by Crippen LogP contribution is -2.43. The van der Waals surface area contributed by atoms with Gasteiger partial charge in [0, 0.05) is 26.2 Å². The van der Waals surface area contributed by atoms with Crippen molar-refractivity contribution < 1.29 is 5.11 Å². The molecule has 2 N–H and O–H groups in total. The zero-order chi connectivity index (χ0) is 10.9. The lowest BCUT2D eigenvalue weighted by atomic mass is 10.1. The van der Waals surface area contributed by atoms with Gasteiger partial charge in [-0.1, -0.05) is 13.3 Å². The molecule has 90 valence electrons. The second kappa shape index (κ2) is 8.08. The molecule has 0 amide bonds. The molecule has 0 unspecified atom stereocenters. The molecule has 1 rings (SSSR count). The van der Waals surface area contributed by atoms with Gasteiger partial charge in [-0.3, -0.25) is 0 Å². The molecule has 0 aromatic rings. The number of nitrogens with zero attached hydrogens (tertiary/aromatic N) is 1. The summed E-state index contributed by atoms with van der Waals surface area (Å²) in [4.78, 5) is 2.52. The standard InChI is InChI=1S/C12H26N2O/c1-2-5-12(15)6-3-4-9-14-10-7-13-8-11-14/h12-13,15H,2-11H2,1H3/t12-/m0/s1. The minimum Gasteiger partial charge on any atom is -0.393 e. The minimum absolute atomic E-state index is 0.0574. The van der Waals surface area contributed by atoms with E-state index >= 15 is 0 Å². The summed E-state index contributed by atoms with van der Waals surface area (Å²) in [6.07, 6.45) is 5.40. The van der Waals surface area contributed by atoms with Crippen molar-refractivity contribution in [3.8, 4) is 0 Å². The molecule has 3 heteroatoms. The van der Waals surface area contributed by atoms with Crippen LogP contribution in [0.3, 0.4) is 0 Å². The van der Waals surface area contributed by atoms with Crippen molar-refractivity contribution in [3.63, 3.8) is 0 Å². The maximum Gasteiger partial charge on any atom is 0.0540 e. The molecule has 0 aliphatic carbocycles. The second-order valence-corrected chi connectivity index (χ2v) is 4.53. The van der Waals surface area contributed by atoms with Crippen LogP contribution in [-0.4, -0.2) is 48.8 Å². The number of nitrogens with one attached hydrogen (secondary N) is 1. The van der Waals surface area contributed by atoms with Gasteiger partial charge in [0.1, 0.15) is 0 Å². The highest BCUT2D eigenvalue weighted by Crippen LogP contribution is 2.07. The Labute approximate surface area is 93.9 Å². The third-order valence-electron chi connectivity index (χ3n) is 3.09. The van der Waals surface area contributed by atoms with Crippen LogP contribution in [0.25, 0.3) is 0 Å². The summed E-state index contributed by atoms with van der Waals surface area (Å²) >= 11 is 0. The van der Waals surface area contributed by atoms with Gasteiger partial charge >= 0.3 is 0 Å². The number of hydrogen-bond donors (Lipinski definition) is 2. The first-order valence-electron chi connectivity index (χ1n) is 6.44. The third-order valence-corrected chi connectivity index (χ3v) is 3.09. The van der Waals surface area contributed by atoms with E-state index in [1.165, 1.54) is 32.5 Å². The van der Waals surface area contributed by atoms with Crippen molar-refractivity contribution in [1.82, 2.24) is 10.2 Å². The molecule has 1 saturated heterocycles. The normalized spacial score (nSPS) is 20.4. The SMILES string of the molecule is CCC[C@H](O)CCCCN1CCNCC1. The second-order valence-electron chi connectivity index (χ2n) is 4.53. The highest BCUT2D eigenvalue weighted by Gasteiger charge is 2.08. The van der Waals surface area contributed by atoms with Gasteiger partial charge in [-0.25, -0.2) is 0 Å². The topological polar surface area (TPSA) is 35.5 Å². The highest BCUT2D eigenvalue weighted by molar-refractivity contribution is 4.67. The van der Waals surface area contributed by atoms with Crippen molar-refractivity contribution in [1.29, 1.82) is 0 Å². The molecular formula is C12H26N2O. The van der Waals surface area contributed by atoms with Crippen molar-refractivity contribution in [3.05, 3.63) is 0 Å². The van der Waals surface area contributed by atoms with Gasteiger partial charge in [0.15, 0.2) is 0 Å². The summed E-state index contributed by atoms with van der Waals surface area (Å²) in [6, 6.07) is 0. The van der Waals surface area contributed by atoms with E-state index < -0.39 is 0 Å². The van der Waals surface area contributed by atoms with Gasteiger partial charge in [0.2, 0.25) is 0 Å². The van der Waals surface area contributed by atoms with E-state index in [2.05, 4.69) is 17.1 Å². The fourth-order valence-corrected chi connectivity index (χ4v) is 2.13. The molecule has 15 heavy (non-hydrogen) atoms. The average molecular weight is 214 g/mol. The molecule has 0 bridgehead atoms. The Morgan fingerprint density at radius 1 is 1.20 bits per heavy atom. The van der Waals surface area contributed by atoms with Crippen LogP contribution in [-0.2, 0) is 0 Å². The molecule has 1 atom stereocenters. The van der Waals surface area contributed by atoms with E-state index in [0.29, 0.717) is 0 Å². The molecule has 1 fully saturated rings. The number of piperazine rings is 1. The molecular weight excluding hydrogens is 188 g/mol. The first kappa shape index (κ1) is 12.9. The fourth-order valence-electron chi connectivity index (χ4n) is 2.13. The van der Waals surface area contributed by atoms with Crippen LogP contribution in [0.15, 0.2) is 0 Å². The van der Waals surface area contributed by atoms with E-state index in [9.17, 15) is 5.11 Å². The summed E-state index contributed by atoms with van der Waals surface area (Å²) in [5.41, 5.74) is 0. The number of hydrogen-bond acceptors (Lipinski definition) is 3. The average Bonchev–Trinajstić information content (AvgIpc) is 2.26. The predicted octanol–water partition coefficient (Wildman–Crippen LogP) is 1.22. The van der Waals surface area contributed by atoms with Gasteiger partial charge in [0.05, 0.1) is 6.10 Å². The van der Waals surface area contributed by atoms with Crippen LogP contribution in [0.2, 0.25) is 0 Å². The molecule has 1 aliphatic heterocycles. The first-order valence-corrected chi connectivity index (χ1v) is 6.44. The molecule has 1 heterocycles. The minimum atomic E-state index is -0.0574. The van der Waals surface area contributed by atoms with E-state index in [0.717, 1.165) is 32.4 Å². The third kappa shape index (κ3) is 6.13. The fraction of sp³-hybridized carbons (Fsp3) is 1.00. The molecule has 0 saturated carbocycles. The van der Waals surface area contributed by atoms with E-state index in [1.54, 1.807) is 0 Å². The summed E-state index contributed by atoms with van der Waals surface area (Å²) < 4.78 is 0. The van der Waals surface area contributed by atoms with Crippen LogP contribution < -0.4 is 5.32 Å². The van der Waals surface area contributed by atoms with E-state index in [-0.39, 0.29) is 6.10 Å². The number of unbranched alkanes of at least 4 members (excludes halogenated alkanes) is 1. The van der Waals surface area contributed by atoms with Gasteiger partial charge in [-0.05, 0) is 32.2 Å². The Hall–Kier alpha value is -0.120. The maximum atomic E-state index is 9.56. The summed E-state index contributed by atoms with van der Waals surface area (Å²) in [5, 5.41) is 12.9. The molecule has 0 radical (unpaired) electrons. The molecule has 1 aliphatic rings. The number of aliphatic hydroxyl groups excluding tert-OH is 1. The van der Waals surface area contributed by atoms with Crippen molar-refractivity contribution in [2.24, 2.45) is 0 Å². The van der Waals surface area contributed by atoms with E-state index in [4.69, 9.17) is 0 Å². The van der Waals surface area contributed by atoms with Gasteiger partial charge < -0.3 is 15.3 Å². The Kier molecular flexibility index (Phi) is 6.98. The maximum absolute atomic E-state index is 9.56. The van der Waals surface area contributed by atoms with Crippen LogP contribution in [0.1, 0.15) is 39.0 Å². The highest BCUT2D eigenvalue weighted by atomic mass is 16.3. The van der Waals surface area contributed by atoms with Gasteiger partial charge in [0.25, 0.3) is 0 Å². The zero-order valence-electron chi connectivity index (χ0n) is 10.0. The Bertz CT molecular complexity index is 147. The largest absolute Gasteiger partial charge is 0.393 e. The van der Waals surface area contributed by atoms with Gasteiger partial charge in [-0.2, -0.15) is 0 Å². The number of rotatable bonds is 7. The molecule has 0 aromatic carbocycles. The lowest BCUT2D eigenvalue weighted by molar-refractivity contribution is 0.147. The van der Waals surface area contributed by atoms with Crippen molar-refractivity contribution in [2.75, 3.05) is 32.7 Å². The first-order chi connectivity index (χ1) is 7.33. The molecule has 3 nitrogen and oxygen atoms in total. The Balaban J connectivity index is 1.91. The predicted molar refractivity (Wildman–Crippen MR) is 64.1 cm³/mol. The summed E-state index contributed by atoms with van der Waals surface area (Å²) in [5.74, 6) is 0. The smallest absolute Gasteiger partial charge is 0.0540 e. The van der Waals surface area contributed by atoms with Crippen LogP contribution >= 0.6 is 0 Å². The lowest BCUT2D eigenvalue weighted by Gasteiger charge is -2.27. The zero-order valence-corrected chi connectivity index (χ0v) is 10.0. The molecule has 0 aromatic heterocycles. The van der Waals surface area contributed by atoms with Gasteiger partial charge in [-0.15, -0.1) is 0 Å². The number of aliphatic hydroxyl groups is 1. The summed E-state index contributed by atoms with van der Waals surface area (Å²) in [7, 11) is 0. The monoisotopic (exact) mass is 214 g/mol. The van der Waals surface area contributed by atoms with Crippen LogP contribution in [0, 0.1) is 0 Å². The van der Waals surface area contributed by atoms with Crippen LogP contribution in [0.4, 0.5) is 0 Å². The Morgan fingerprint density at radius 2 is 1.93 bits per heavy atom. The quantitative estimate of drug-likeness (QED) is 0.626. The van der Waals surface area contributed by atoms with Crippen molar-refractivity contribution >= 4 is 0 Å². The Morgan fingerprint density at radius 3 is 2.60 bits per heavy atom. The molecule has 0 spiro atoms. The van der Waals surface area contributed by atoms with Crippen molar-refractivity contribution in [2.45, 2.75) is 45.1 Å².